The summed E-state index contributed by atoms with van der Waals surface area (Å²) in [6.45, 7) is 3.15. The van der Waals surface area contributed by atoms with E-state index in [9.17, 15) is 4.57 Å². The molecule has 0 aromatic heterocycles. The first-order valence-electron chi connectivity index (χ1n) is 3.24. The highest BCUT2D eigenvalue weighted by atomic mass is 31.1. The van der Waals surface area contributed by atoms with E-state index in [1.807, 2.05) is 0 Å². The molecule has 3 atom stereocenters. The van der Waals surface area contributed by atoms with E-state index in [2.05, 4.69) is 0 Å². The summed E-state index contributed by atoms with van der Waals surface area (Å²) in [5, 5.41) is 17.0. The van der Waals surface area contributed by atoms with Gasteiger partial charge in [-0.25, -0.2) is 0 Å². The van der Waals surface area contributed by atoms with Crippen molar-refractivity contribution >= 4 is 8.03 Å². The van der Waals surface area contributed by atoms with Crippen LogP contribution in [-0.2, 0) is 9.09 Å². The molecule has 0 aromatic carbocycles. The number of hydrogen-bond acceptors (Lipinski definition) is 4. The van der Waals surface area contributed by atoms with E-state index in [1.165, 1.54) is 0 Å². The third-order valence-electron chi connectivity index (χ3n) is 1.16. The second kappa shape index (κ2) is 5.20. The van der Waals surface area contributed by atoms with Crippen LogP contribution >= 0.6 is 8.03 Å². The molecule has 11 heavy (non-hydrogen) atoms. The fraction of sp³-hybridized carbons (Fsp3) is 0.833. The molecule has 0 aromatic rings. The molecule has 0 aliphatic heterocycles. The second-order valence-electron chi connectivity index (χ2n) is 2.20. The van der Waals surface area contributed by atoms with Gasteiger partial charge in [0, 0.05) is 0 Å². The highest BCUT2D eigenvalue weighted by Crippen LogP contribution is 2.24. The molecule has 4 nitrogen and oxygen atoms in total. The summed E-state index contributed by atoms with van der Waals surface area (Å²) >= 11 is 0. The van der Waals surface area contributed by atoms with Gasteiger partial charge in [0.15, 0.2) is 0 Å². The Morgan fingerprint density at radius 3 is 2.64 bits per heavy atom. The Labute approximate surface area is 66.7 Å². The fourth-order valence-electron chi connectivity index (χ4n) is 0.369. The molecular formula is C6H11NO3P+. The maximum absolute atomic E-state index is 10.8. The van der Waals surface area contributed by atoms with E-state index < -0.39 is 20.2 Å². The normalized spacial score (nSPS) is 16.7. The maximum atomic E-state index is 10.8. The molecule has 0 aliphatic rings. The molecule has 0 saturated carbocycles. The van der Waals surface area contributed by atoms with Crippen molar-refractivity contribution in [3.8, 4) is 6.07 Å². The molecule has 1 N–H and O–H groups in total. The van der Waals surface area contributed by atoms with E-state index >= 15 is 0 Å². The average Bonchev–Trinajstić information content (AvgIpc) is 1.87. The number of aliphatic hydroxyl groups is 1. The minimum atomic E-state index is -1.92. The van der Waals surface area contributed by atoms with Crippen LogP contribution in [0.1, 0.15) is 13.8 Å². The van der Waals surface area contributed by atoms with Gasteiger partial charge in [-0.3, -0.25) is 0 Å². The Balaban J connectivity index is 3.68. The van der Waals surface area contributed by atoms with Gasteiger partial charge in [-0.05, 0) is 18.4 Å². The van der Waals surface area contributed by atoms with Gasteiger partial charge >= 0.3 is 8.03 Å². The van der Waals surface area contributed by atoms with Crippen LogP contribution in [0.3, 0.4) is 0 Å². The summed E-state index contributed by atoms with van der Waals surface area (Å²) < 4.78 is 15.5. The Morgan fingerprint density at radius 2 is 2.27 bits per heavy atom. The lowest BCUT2D eigenvalue weighted by molar-refractivity contribution is 0.0661. The van der Waals surface area contributed by atoms with Crippen LogP contribution in [-0.4, -0.2) is 23.5 Å². The third kappa shape index (κ3) is 4.86. The molecular weight excluding hydrogens is 165 g/mol. The molecule has 0 amide bonds. The summed E-state index contributed by atoms with van der Waals surface area (Å²) in [6, 6.07) is 1.72. The number of nitriles is 1. The standard InChI is InChI=1S/C6H11NO3P/c1-5(8)6(2)10-11(9)4-3-7/h5-6,8H,4H2,1-2H3/q+1. The second-order valence-corrected chi connectivity index (χ2v) is 3.39. The number of nitrogens with zero attached hydrogens (tertiary/aromatic N) is 1. The minimum absolute atomic E-state index is 0.119. The van der Waals surface area contributed by atoms with E-state index in [-0.39, 0.29) is 6.16 Å². The van der Waals surface area contributed by atoms with Gasteiger partial charge in [0.25, 0.3) is 6.16 Å². The van der Waals surface area contributed by atoms with Crippen molar-refractivity contribution in [1.82, 2.24) is 0 Å². The van der Waals surface area contributed by atoms with Crippen molar-refractivity contribution in [3.05, 3.63) is 0 Å². The van der Waals surface area contributed by atoms with Crippen molar-refractivity contribution in [2.75, 3.05) is 6.16 Å². The number of aliphatic hydroxyl groups excluding tert-OH is 1. The van der Waals surface area contributed by atoms with Crippen molar-refractivity contribution in [1.29, 1.82) is 5.26 Å². The minimum Gasteiger partial charge on any atom is -0.391 e. The van der Waals surface area contributed by atoms with E-state index in [4.69, 9.17) is 14.9 Å². The van der Waals surface area contributed by atoms with Gasteiger partial charge < -0.3 is 5.11 Å². The predicted molar refractivity (Wildman–Crippen MR) is 40.3 cm³/mol. The van der Waals surface area contributed by atoms with E-state index in [0.717, 1.165) is 0 Å². The molecule has 5 heteroatoms. The molecule has 0 heterocycles. The average molecular weight is 176 g/mol. The highest BCUT2D eigenvalue weighted by molar-refractivity contribution is 7.39. The predicted octanol–water partition coefficient (Wildman–Crippen LogP) is 1.04. The van der Waals surface area contributed by atoms with E-state index in [0.29, 0.717) is 0 Å². The molecule has 0 radical (unpaired) electrons. The molecule has 0 aliphatic carbocycles. The fourth-order valence-corrected chi connectivity index (χ4v) is 1.11. The number of hydrogen-bond donors (Lipinski definition) is 1. The van der Waals surface area contributed by atoms with Crippen LogP contribution in [0.2, 0.25) is 0 Å². The Hall–Kier alpha value is -0.490. The molecule has 0 saturated heterocycles. The maximum Gasteiger partial charge on any atom is 0.523 e. The lowest BCUT2D eigenvalue weighted by atomic mass is 10.3. The zero-order valence-electron chi connectivity index (χ0n) is 6.52. The van der Waals surface area contributed by atoms with Crippen molar-refractivity contribution < 1.29 is 14.2 Å². The molecule has 62 valence electrons. The number of rotatable bonds is 4. The zero-order chi connectivity index (χ0) is 8.85. The Bertz CT molecular complexity index is 175. The Morgan fingerprint density at radius 1 is 1.73 bits per heavy atom. The van der Waals surface area contributed by atoms with Gasteiger partial charge in [0.1, 0.15) is 12.2 Å². The lowest BCUT2D eigenvalue weighted by Gasteiger charge is -2.05. The van der Waals surface area contributed by atoms with Crippen LogP contribution < -0.4 is 0 Å². The first kappa shape index (κ1) is 10.5. The van der Waals surface area contributed by atoms with Gasteiger partial charge in [0.05, 0.1) is 6.10 Å². The van der Waals surface area contributed by atoms with Crippen LogP contribution in [0.5, 0.6) is 0 Å². The summed E-state index contributed by atoms with van der Waals surface area (Å²) in [5.74, 6) is 0. The topological polar surface area (TPSA) is 70.3 Å². The molecule has 0 fully saturated rings. The first-order chi connectivity index (χ1) is 5.07. The van der Waals surface area contributed by atoms with Gasteiger partial charge in [-0.15, -0.1) is 4.52 Å². The van der Waals surface area contributed by atoms with Gasteiger partial charge in [-0.2, -0.15) is 5.26 Å². The summed E-state index contributed by atoms with van der Waals surface area (Å²) in [6.07, 6.45) is -1.26. The third-order valence-corrected chi connectivity index (χ3v) is 2.13. The van der Waals surface area contributed by atoms with E-state index in [1.54, 1.807) is 19.9 Å². The van der Waals surface area contributed by atoms with Crippen LogP contribution in [0, 0.1) is 11.3 Å². The molecule has 0 bridgehead atoms. The SMILES string of the molecule is CC(O)C(C)O[P+](=O)CC#N. The highest BCUT2D eigenvalue weighted by Gasteiger charge is 2.23. The van der Waals surface area contributed by atoms with Crippen molar-refractivity contribution in [2.45, 2.75) is 26.1 Å². The summed E-state index contributed by atoms with van der Waals surface area (Å²) in [4.78, 5) is 0. The monoisotopic (exact) mass is 176 g/mol. The van der Waals surface area contributed by atoms with Gasteiger partial charge in [-0.1, -0.05) is 0 Å². The zero-order valence-corrected chi connectivity index (χ0v) is 7.41. The van der Waals surface area contributed by atoms with Crippen LogP contribution in [0.4, 0.5) is 0 Å². The quantitative estimate of drug-likeness (QED) is 0.649. The van der Waals surface area contributed by atoms with Crippen LogP contribution in [0.15, 0.2) is 0 Å². The first-order valence-corrected chi connectivity index (χ1v) is 4.60. The summed E-state index contributed by atoms with van der Waals surface area (Å²) in [5.41, 5.74) is 0. The summed E-state index contributed by atoms with van der Waals surface area (Å²) in [7, 11) is -1.92. The van der Waals surface area contributed by atoms with Crippen molar-refractivity contribution in [2.24, 2.45) is 0 Å². The Kier molecular flexibility index (Phi) is 4.97. The van der Waals surface area contributed by atoms with Crippen LogP contribution in [0.25, 0.3) is 0 Å². The largest absolute Gasteiger partial charge is 0.523 e. The molecule has 3 unspecified atom stereocenters. The lowest BCUT2D eigenvalue weighted by Crippen LogP contribution is -2.19. The van der Waals surface area contributed by atoms with Gasteiger partial charge in [0.2, 0.25) is 0 Å². The molecule has 0 rings (SSSR count). The molecule has 0 spiro atoms. The smallest absolute Gasteiger partial charge is 0.391 e. The van der Waals surface area contributed by atoms with Crippen molar-refractivity contribution in [3.63, 3.8) is 0 Å².